The maximum atomic E-state index is 11.9. The number of hydrogen-bond acceptors (Lipinski definition) is 4. The zero-order valence-corrected chi connectivity index (χ0v) is 9.58. The lowest BCUT2D eigenvalue weighted by atomic mass is 10.2. The van der Waals surface area contributed by atoms with Gasteiger partial charge in [-0.1, -0.05) is 0 Å². The van der Waals surface area contributed by atoms with Gasteiger partial charge < -0.3 is 14.8 Å². The number of amides is 1. The number of rotatable bonds is 4. The Morgan fingerprint density at radius 3 is 2.94 bits per heavy atom. The van der Waals surface area contributed by atoms with Crippen molar-refractivity contribution in [3.8, 4) is 0 Å². The summed E-state index contributed by atoms with van der Waals surface area (Å²) in [5, 5.41) is 15.3. The Kier molecular flexibility index (Phi) is 3.13. The number of furan rings is 1. The normalized spacial score (nSPS) is 10.3. The topological polar surface area (TPSA) is 97.4 Å². The molecule has 2 aromatic heterocycles. The second-order valence-electron chi connectivity index (χ2n) is 3.60. The standard InChI is InChI=1S/C11H11N3O4/c1-14-9(8(6-13-14)11(16)17)10(15)12-5-7-3-2-4-18-7/h2-4,6H,5H2,1H3,(H,12,15)(H,16,17). The maximum Gasteiger partial charge on any atom is 0.339 e. The van der Waals surface area contributed by atoms with Crippen molar-refractivity contribution < 1.29 is 19.1 Å². The van der Waals surface area contributed by atoms with Gasteiger partial charge in [-0.3, -0.25) is 9.48 Å². The second-order valence-corrected chi connectivity index (χ2v) is 3.60. The Morgan fingerprint density at radius 2 is 2.33 bits per heavy atom. The Labute approximate surface area is 102 Å². The molecule has 7 nitrogen and oxygen atoms in total. The third-order valence-corrected chi connectivity index (χ3v) is 2.39. The number of carbonyl (C=O) groups is 2. The molecule has 0 aliphatic rings. The van der Waals surface area contributed by atoms with E-state index in [-0.39, 0.29) is 17.8 Å². The second kappa shape index (κ2) is 4.74. The molecule has 2 N–H and O–H groups in total. The van der Waals surface area contributed by atoms with E-state index in [0.29, 0.717) is 5.76 Å². The number of carboxylic acid groups (broad SMARTS) is 1. The van der Waals surface area contributed by atoms with Crippen LogP contribution in [-0.2, 0) is 13.6 Å². The van der Waals surface area contributed by atoms with E-state index < -0.39 is 11.9 Å². The fourth-order valence-corrected chi connectivity index (χ4v) is 1.53. The van der Waals surface area contributed by atoms with Crippen molar-refractivity contribution >= 4 is 11.9 Å². The average molecular weight is 249 g/mol. The first-order valence-corrected chi connectivity index (χ1v) is 5.15. The van der Waals surface area contributed by atoms with E-state index in [1.807, 2.05) is 0 Å². The van der Waals surface area contributed by atoms with Gasteiger partial charge in [0.15, 0.2) is 0 Å². The third kappa shape index (κ3) is 2.24. The number of aromatic nitrogens is 2. The molecule has 94 valence electrons. The molecule has 2 rings (SSSR count). The summed E-state index contributed by atoms with van der Waals surface area (Å²) in [5.74, 6) is -1.11. The zero-order chi connectivity index (χ0) is 13.1. The molecule has 0 aromatic carbocycles. The van der Waals surface area contributed by atoms with Crippen molar-refractivity contribution in [3.05, 3.63) is 41.6 Å². The van der Waals surface area contributed by atoms with Crippen molar-refractivity contribution in [1.82, 2.24) is 15.1 Å². The molecule has 0 fully saturated rings. The van der Waals surface area contributed by atoms with E-state index >= 15 is 0 Å². The van der Waals surface area contributed by atoms with Crippen LogP contribution in [0, 0.1) is 0 Å². The predicted octanol–water partition coefficient (Wildman–Crippen LogP) is 0.641. The predicted molar refractivity (Wildman–Crippen MR) is 60.0 cm³/mol. The van der Waals surface area contributed by atoms with Crippen LogP contribution < -0.4 is 5.32 Å². The van der Waals surface area contributed by atoms with Gasteiger partial charge in [0.25, 0.3) is 5.91 Å². The zero-order valence-electron chi connectivity index (χ0n) is 9.58. The summed E-state index contributed by atoms with van der Waals surface area (Å²) in [6, 6.07) is 3.41. The van der Waals surface area contributed by atoms with Crippen LogP contribution in [0.3, 0.4) is 0 Å². The van der Waals surface area contributed by atoms with Gasteiger partial charge in [-0.25, -0.2) is 4.79 Å². The van der Waals surface area contributed by atoms with Crippen LogP contribution in [0.1, 0.15) is 26.6 Å². The van der Waals surface area contributed by atoms with Crippen LogP contribution in [-0.4, -0.2) is 26.8 Å². The summed E-state index contributed by atoms with van der Waals surface area (Å²) in [5.41, 5.74) is -0.122. The van der Waals surface area contributed by atoms with Gasteiger partial charge in [0.2, 0.25) is 0 Å². The molecular weight excluding hydrogens is 238 g/mol. The van der Waals surface area contributed by atoms with Gasteiger partial charge in [-0.15, -0.1) is 0 Å². The summed E-state index contributed by atoms with van der Waals surface area (Å²) >= 11 is 0. The SMILES string of the molecule is Cn1ncc(C(=O)O)c1C(=O)NCc1ccco1. The van der Waals surface area contributed by atoms with E-state index in [1.165, 1.54) is 18.0 Å². The van der Waals surface area contributed by atoms with Crippen LogP contribution in [0.25, 0.3) is 0 Å². The first-order valence-electron chi connectivity index (χ1n) is 5.15. The number of hydrogen-bond donors (Lipinski definition) is 2. The molecule has 2 aromatic rings. The van der Waals surface area contributed by atoms with Gasteiger partial charge in [0.1, 0.15) is 17.0 Å². The van der Waals surface area contributed by atoms with Gasteiger partial charge in [0.05, 0.1) is 19.0 Å². The minimum absolute atomic E-state index is 0.00839. The molecule has 0 spiro atoms. The lowest BCUT2D eigenvalue weighted by Gasteiger charge is -2.04. The smallest absolute Gasteiger partial charge is 0.339 e. The lowest BCUT2D eigenvalue weighted by Crippen LogP contribution is -2.26. The molecule has 0 bridgehead atoms. The number of nitrogens with zero attached hydrogens (tertiary/aromatic N) is 2. The molecule has 7 heteroatoms. The maximum absolute atomic E-state index is 11.9. The van der Waals surface area contributed by atoms with E-state index in [0.717, 1.165) is 6.20 Å². The average Bonchev–Trinajstić information content (AvgIpc) is 2.94. The minimum Gasteiger partial charge on any atom is -0.478 e. The minimum atomic E-state index is -1.19. The number of nitrogens with one attached hydrogen (secondary N) is 1. The largest absolute Gasteiger partial charge is 0.478 e. The van der Waals surface area contributed by atoms with Crippen LogP contribution in [0.5, 0.6) is 0 Å². The molecule has 1 amide bonds. The van der Waals surface area contributed by atoms with Crippen LogP contribution >= 0.6 is 0 Å². The molecule has 0 aliphatic heterocycles. The van der Waals surface area contributed by atoms with Gasteiger partial charge in [-0.05, 0) is 12.1 Å². The van der Waals surface area contributed by atoms with Gasteiger partial charge >= 0.3 is 5.97 Å². The summed E-state index contributed by atoms with van der Waals surface area (Å²) in [6.45, 7) is 0.191. The van der Waals surface area contributed by atoms with Crippen molar-refractivity contribution in [2.75, 3.05) is 0 Å². The molecule has 0 saturated heterocycles. The fourth-order valence-electron chi connectivity index (χ4n) is 1.53. The molecule has 18 heavy (non-hydrogen) atoms. The summed E-state index contributed by atoms with van der Waals surface area (Å²) in [6.07, 6.45) is 2.64. The molecule has 2 heterocycles. The highest BCUT2D eigenvalue weighted by Gasteiger charge is 2.21. The molecule has 0 aliphatic carbocycles. The van der Waals surface area contributed by atoms with Gasteiger partial charge in [-0.2, -0.15) is 5.10 Å². The number of aromatic carboxylic acids is 1. The Balaban J connectivity index is 2.13. The van der Waals surface area contributed by atoms with E-state index in [2.05, 4.69) is 10.4 Å². The molecular formula is C11H11N3O4. The monoisotopic (exact) mass is 249 g/mol. The van der Waals surface area contributed by atoms with Crippen molar-refractivity contribution in [3.63, 3.8) is 0 Å². The van der Waals surface area contributed by atoms with Crippen molar-refractivity contribution in [1.29, 1.82) is 0 Å². The Morgan fingerprint density at radius 1 is 1.56 bits per heavy atom. The summed E-state index contributed by atoms with van der Waals surface area (Å²) < 4.78 is 6.28. The Bertz CT molecular complexity index is 571. The quantitative estimate of drug-likeness (QED) is 0.828. The van der Waals surface area contributed by atoms with Crippen LogP contribution in [0.2, 0.25) is 0 Å². The lowest BCUT2D eigenvalue weighted by molar-refractivity contribution is 0.0690. The first-order chi connectivity index (χ1) is 8.59. The summed E-state index contributed by atoms with van der Waals surface area (Å²) in [7, 11) is 1.51. The molecule has 0 atom stereocenters. The van der Waals surface area contributed by atoms with E-state index in [1.54, 1.807) is 12.1 Å². The molecule has 0 unspecified atom stereocenters. The third-order valence-electron chi connectivity index (χ3n) is 2.39. The van der Waals surface area contributed by atoms with Crippen LogP contribution in [0.4, 0.5) is 0 Å². The van der Waals surface area contributed by atoms with Gasteiger partial charge in [0, 0.05) is 7.05 Å². The number of carbonyl (C=O) groups excluding carboxylic acids is 1. The molecule has 0 saturated carbocycles. The first kappa shape index (κ1) is 11.9. The Hall–Kier alpha value is -2.57. The highest BCUT2D eigenvalue weighted by Crippen LogP contribution is 2.08. The highest BCUT2D eigenvalue weighted by molar-refractivity contribution is 6.03. The number of aryl methyl sites for hydroxylation is 1. The fraction of sp³-hybridized carbons (Fsp3) is 0.182. The van der Waals surface area contributed by atoms with E-state index in [9.17, 15) is 9.59 Å². The van der Waals surface area contributed by atoms with E-state index in [4.69, 9.17) is 9.52 Å². The molecule has 0 radical (unpaired) electrons. The summed E-state index contributed by atoms with van der Waals surface area (Å²) in [4.78, 5) is 22.8. The van der Waals surface area contributed by atoms with Crippen molar-refractivity contribution in [2.45, 2.75) is 6.54 Å². The van der Waals surface area contributed by atoms with Crippen LogP contribution in [0.15, 0.2) is 29.0 Å². The number of carboxylic acids is 1. The highest BCUT2D eigenvalue weighted by atomic mass is 16.4. The van der Waals surface area contributed by atoms with Crippen molar-refractivity contribution in [2.24, 2.45) is 7.05 Å².